The van der Waals surface area contributed by atoms with Crippen molar-refractivity contribution in [3.8, 4) is 17.2 Å². The van der Waals surface area contributed by atoms with Gasteiger partial charge in [0.05, 0.1) is 18.1 Å². The normalized spacial score (nSPS) is 14.7. The molecule has 0 atom stereocenters. The van der Waals surface area contributed by atoms with E-state index in [0.717, 1.165) is 5.56 Å². The van der Waals surface area contributed by atoms with Crippen molar-refractivity contribution in [2.45, 2.75) is 27.7 Å². The average molecular weight is 366 g/mol. The van der Waals surface area contributed by atoms with Gasteiger partial charge in [-0.25, -0.2) is 0 Å². The van der Waals surface area contributed by atoms with E-state index in [-0.39, 0.29) is 17.5 Å². The maximum Gasteiger partial charge on any atom is 0.316 e. The van der Waals surface area contributed by atoms with Crippen molar-refractivity contribution in [3.05, 3.63) is 58.8 Å². The molecule has 2 aromatic rings. The molecule has 1 aliphatic rings. The van der Waals surface area contributed by atoms with Gasteiger partial charge in [0.2, 0.25) is 5.78 Å². The maximum absolute atomic E-state index is 12.7. The van der Waals surface area contributed by atoms with Crippen LogP contribution < -0.4 is 14.2 Å². The second-order valence-corrected chi connectivity index (χ2v) is 7.39. The van der Waals surface area contributed by atoms with Gasteiger partial charge in [0.1, 0.15) is 17.2 Å². The van der Waals surface area contributed by atoms with Gasteiger partial charge in [-0.1, -0.05) is 18.2 Å². The van der Waals surface area contributed by atoms with Crippen LogP contribution in [0.3, 0.4) is 0 Å². The Kier molecular flexibility index (Phi) is 4.79. The number of para-hydroxylation sites is 1. The molecule has 3 rings (SSSR count). The minimum atomic E-state index is -0.628. The Morgan fingerprint density at radius 2 is 1.78 bits per heavy atom. The number of carbonyl (C=O) groups is 2. The number of hydrogen-bond acceptors (Lipinski definition) is 5. The predicted octanol–water partition coefficient (Wildman–Crippen LogP) is 4.57. The number of esters is 1. The Hall–Kier alpha value is -3.08. The molecule has 0 saturated heterocycles. The third-order valence-corrected chi connectivity index (χ3v) is 4.28. The molecule has 0 spiro atoms. The molecular formula is C22H22O5. The zero-order valence-electron chi connectivity index (χ0n) is 16.1. The van der Waals surface area contributed by atoms with Crippen molar-refractivity contribution in [3.63, 3.8) is 0 Å². The van der Waals surface area contributed by atoms with Gasteiger partial charge < -0.3 is 14.2 Å². The minimum absolute atomic E-state index is 0.205. The standard InChI is InChI=1S/C22H22O5/c1-13-16(27-21(24)22(2,3)4)11-10-15-19(23)18(26-20(13)15)12-14-8-6-7-9-17(14)25-5/h6-12H,1-5H3/b18-12-. The van der Waals surface area contributed by atoms with E-state index in [1.165, 1.54) is 0 Å². The monoisotopic (exact) mass is 366 g/mol. The van der Waals surface area contributed by atoms with E-state index >= 15 is 0 Å². The predicted molar refractivity (Wildman–Crippen MR) is 102 cm³/mol. The number of rotatable bonds is 3. The van der Waals surface area contributed by atoms with E-state index in [4.69, 9.17) is 14.2 Å². The summed E-state index contributed by atoms with van der Waals surface area (Å²) in [6.07, 6.45) is 1.65. The van der Waals surface area contributed by atoms with Crippen molar-refractivity contribution in [2.24, 2.45) is 5.41 Å². The van der Waals surface area contributed by atoms with Crippen molar-refractivity contribution >= 4 is 17.8 Å². The van der Waals surface area contributed by atoms with Crippen LogP contribution in [-0.4, -0.2) is 18.9 Å². The number of methoxy groups -OCH3 is 1. The van der Waals surface area contributed by atoms with E-state index in [1.807, 2.05) is 24.3 Å². The second-order valence-electron chi connectivity index (χ2n) is 7.39. The lowest BCUT2D eigenvalue weighted by Gasteiger charge is -2.17. The van der Waals surface area contributed by atoms with Crippen LogP contribution in [0, 0.1) is 12.3 Å². The zero-order chi connectivity index (χ0) is 19.8. The molecule has 0 aromatic heterocycles. The van der Waals surface area contributed by atoms with E-state index < -0.39 is 5.41 Å². The lowest BCUT2D eigenvalue weighted by molar-refractivity contribution is -0.143. The summed E-state index contributed by atoms with van der Waals surface area (Å²) in [6.45, 7) is 7.12. The third kappa shape index (κ3) is 3.58. The minimum Gasteiger partial charge on any atom is -0.496 e. The topological polar surface area (TPSA) is 61.8 Å². The molecule has 0 aliphatic carbocycles. The number of ether oxygens (including phenoxy) is 3. The molecule has 140 valence electrons. The highest BCUT2D eigenvalue weighted by Gasteiger charge is 2.32. The molecule has 5 heteroatoms. The molecule has 0 saturated carbocycles. The van der Waals surface area contributed by atoms with Crippen LogP contribution in [0.1, 0.15) is 42.3 Å². The SMILES string of the molecule is COc1ccccc1/C=C1\Oc2c(ccc(OC(=O)C(C)(C)C)c2C)C1=O. The van der Waals surface area contributed by atoms with Gasteiger partial charge >= 0.3 is 5.97 Å². The van der Waals surface area contributed by atoms with Gasteiger partial charge in [0, 0.05) is 11.1 Å². The lowest BCUT2D eigenvalue weighted by Crippen LogP contribution is -2.25. The van der Waals surface area contributed by atoms with E-state index in [1.54, 1.807) is 53.0 Å². The molecule has 0 fully saturated rings. The van der Waals surface area contributed by atoms with Crippen LogP contribution >= 0.6 is 0 Å². The molecule has 0 N–H and O–H groups in total. The summed E-state index contributed by atoms with van der Waals surface area (Å²) in [4.78, 5) is 24.9. The first-order valence-electron chi connectivity index (χ1n) is 8.65. The summed E-state index contributed by atoms with van der Waals surface area (Å²) in [5.74, 6) is 1.10. The summed E-state index contributed by atoms with van der Waals surface area (Å²) < 4.78 is 16.6. The summed E-state index contributed by atoms with van der Waals surface area (Å²) in [5, 5.41) is 0. The van der Waals surface area contributed by atoms with Crippen molar-refractivity contribution in [1.82, 2.24) is 0 Å². The molecular weight excluding hydrogens is 344 g/mol. The summed E-state index contributed by atoms with van der Waals surface area (Å²) in [6, 6.07) is 10.6. The fourth-order valence-corrected chi connectivity index (χ4v) is 2.66. The third-order valence-electron chi connectivity index (χ3n) is 4.28. The van der Waals surface area contributed by atoms with Crippen LogP contribution in [0.4, 0.5) is 0 Å². The molecule has 0 unspecified atom stereocenters. The molecule has 1 aliphatic heterocycles. The Balaban J connectivity index is 1.95. The first-order valence-corrected chi connectivity index (χ1v) is 8.65. The molecule has 1 heterocycles. The largest absolute Gasteiger partial charge is 0.496 e. The lowest BCUT2D eigenvalue weighted by atomic mass is 9.97. The van der Waals surface area contributed by atoms with Crippen LogP contribution in [0.5, 0.6) is 17.2 Å². The van der Waals surface area contributed by atoms with Crippen LogP contribution in [-0.2, 0) is 4.79 Å². The molecule has 5 nitrogen and oxygen atoms in total. The van der Waals surface area contributed by atoms with Crippen LogP contribution in [0.15, 0.2) is 42.2 Å². The Bertz CT molecular complexity index is 948. The van der Waals surface area contributed by atoms with Crippen molar-refractivity contribution in [1.29, 1.82) is 0 Å². The summed E-state index contributed by atoms with van der Waals surface area (Å²) >= 11 is 0. The number of fused-ring (bicyclic) bond motifs is 1. The molecule has 0 radical (unpaired) electrons. The van der Waals surface area contributed by atoms with Gasteiger partial charge in [-0.05, 0) is 52.0 Å². The number of ketones is 1. The van der Waals surface area contributed by atoms with Crippen molar-refractivity contribution in [2.75, 3.05) is 7.11 Å². The molecule has 2 aromatic carbocycles. The fourth-order valence-electron chi connectivity index (χ4n) is 2.66. The average Bonchev–Trinajstić information content (AvgIpc) is 2.94. The van der Waals surface area contributed by atoms with Gasteiger partial charge in [-0.2, -0.15) is 0 Å². The number of benzene rings is 2. The molecule has 0 bridgehead atoms. The van der Waals surface area contributed by atoms with Crippen LogP contribution in [0.25, 0.3) is 6.08 Å². The molecule has 27 heavy (non-hydrogen) atoms. The highest BCUT2D eigenvalue weighted by molar-refractivity contribution is 6.15. The number of carbonyl (C=O) groups excluding carboxylic acids is 2. The van der Waals surface area contributed by atoms with Gasteiger partial charge in [0.15, 0.2) is 5.76 Å². The van der Waals surface area contributed by atoms with Gasteiger partial charge in [-0.3, -0.25) is 9.59 Å². The Morgan fingerprint density at radius 3 is 2.44 bits per heavy atom. The Labute approximate surface area is 158 Å². The van der Waals surface area contributed by atoms with Gasteiger partial charge in [-0.15, -0.1) is 0 Å². The number of allylic oxidation sites excluding steroid dienone is 1. The summed E-state index contributed by atoms with van der Waals surface area (Å²) in [5.41, 5.74) is 1.18. The van der Waals surface area contributed by atoms with Crippen molar-refractivity contribution < 1.29 is 23.8 Å². The molecule has 0 amide bonds. The maximum atomic E-state index is 12.7. The fraction of sp³-hybridized carbons (Fsp3) is 0.273. The van der Waals surface area contributed by atoms with Gasteiger partial charge in [0.25, 0.3) is 0 Å². The first kappa shape index (κ1) is 18.7. The highest BCUT2D eigenvalue weighted by Crippen LogP contribution is 2.40. The quantitative estimate of drug-likeness (QED) is 0.452. The van der Waals surface area contributed by atoms with E-state index in [9.17, 15) is 9.59 Å². The first-order chi connectivity index (χ1) is 12.7. The highest BCUT2D eigenvalue weighted by atomic mass is 16.5. The summed E-state index contributed by atoms with van der Waals surface area (Å²) in [7, 11) is 1.57. The number of Topliss-reactive ketones (excluding diaryl/α,β-unsaturated/α-hetero) is 1. The van der Waals surface area contributed by atoms with E-state index in [0.29, 0.717) is 28.4 Å². The van der Waals surface area contributed by atoms with Crippen LogP contribution in [0.2, 0.25) is 0 Å². The second kappa shape index (κ2) is 6.91. The van der Waals surface area contributed by atoms with E-state index in [2.05, 4.69) is 0 Å². The Morgan fingerprint density at radius 1 is 1.07 bits per heavy atom. The number of hydrogen-bond donors (Lipinski definition) is 0. The smallest absolute Gasteiger partial charge is 0.316 e. The zero-order valence-corrected chi connectivity index (χ0v) is 16.1.